The van der Waals surface area contributed by atoms with Crippen molar-refractivity contribution in [2.24, 2.45) is 0 Å². The Kier molecular flexibility index (Phi) is 12.2. The van der Waals surface area contributed by atoms with Gasteiger partial charge < -0.3 is 19.7 Å². The quantitative estimate of drug-likeness (QED) is 0.396. The van der Waals surface area contributed by atoms with Crippen LogP contribution in [0.2, 0.25) is 0 Å². The molecule has 2 amide bonds. The number of alkyl halides is 3. The minimum absolute atomic E-state index is 0.0403. The van der Waals surface area contributed by atoms with Gasteiger partial charge in [0, 0.05) is 26.3 Å². The van der Waals surface area contributed by atoms with Crippen LogP contribution in [0.4, 0.5) is 13.2 Å². The average Bonchev–Trinajstić information content (AvgIpc) is 3.59. The molecular formula is C29H43F3N4O4. The molecular weight excluding hydrogens is 525 g/mol. The third-order valence-corrected chi connectivity index (χ3v) is 6.44. The predicted molar refractivity (Wildman–Crippen MR) is 148 cm³/mol. The van der Waals surface area contributed by atoms with Crippen molar-refractivity contribution in [3.63, 3.8) is 0 Å². The lowest BCUT2D eigenvalue weighted by atomic mass is 10.0. The Bertz CT molecular complexity index is 1110. The van der Waals surface area contributed by atoms with E-state index in [9.17, 15) is 22.8 Å². The number of rotatable bonds is 10. The lowest BCUT2D eigenvalue weighted by Crippen LogP contribution is -2.51. The number of aromatic nitrogens is 2. The van der Waals surface area contributed by atoms with E-state index in [1.165, 1.54) is 36.3 Å². The summed E-state index contributed by atoms with van der Waals surface area (Å²) in [5.74, 6) is -1.04. The van der Waals surface area contributed by atoms with E-state index in [4.69, 9.17) is 9.47 Å². The largest absolute Gasteiger partial charge is 0.417 e. The Balaban J connectivity index is 0.00000274. The fourth-order valence-corrected chi connectivity index (χ4v) is 4.43. The molecule has 2 aromatic rings. The third kappa shape index (κ3) is 9.05. The van der Waals surface area contributed by atoms with Crippen molar-refractivity contribution in [3.8, 4) is 11.3 Å². The smallest absolute Gasteiger partial charge is 0.383 e. The Labute approximate surface area is 235 Å². The van der Waals surface area contributed by atoms with Crippen molar-refractivity contribution in [2.45, 2.75) is 84.2 Å². The van der Waals surface area contributed by atoms with Crippen LogP contribution in [0.25, 0.3) is 11.3 Å². The van der Waals surface area contributed by atoms with E-state index < -0.39 is 29.3 Å². The molecule has 0 spiro atoms. The average molecular weight is 569 g/mol. The molecule has 40 heavy (non-hydrogen) atoms. The van der Waals surface area contributed by atoms with Crippen molar-refractivity contribution < 1.29 is 32.2 Å². The number of likely N-dealkylation sites (N-methyl/N-ethyl adjacent to an activating group) is 1. The van der Waals surface area contributed by atoms with E-state index in [1.807, 2.05) is 34.6 Å². The molecule has 0 saturated heterocycles. The van der Waals surface area contributed by atoms with Crippen molar-refractivity contribution >= 4 is 11.8 Å². The van der Waals surface area contributed by atoms with E-state index >= 15 is 0 Å². The van der Waals surface area contributed by atoms with Crippen molar-refractivity contribution in [3.05, 3.63) is 41.6 Å². The number of nitrogens with zero attached hydrogens (tertiary/aromatic N) is 3. The lowest BCUT2D eigenvalue weighted by molar-refractivity contribution is -0.137. The Morgan fingerprint density at radius 1 is 1.15 bits per heavy atom. The maximum Gasteiger partial charge on any atom is 0.417 e. The zero-order valence-corrected chi connectivity index (χ0v) is 24.6. The van der Waals surface area contributed by atoms with Crippen LogP contribution in [0, 0.1) is 0 Å². The first-order valence-corrected chi connectivity index (χ1v) is 13.8. The highest BCUT2D eigenvalue weighted by Crippen LogP contribution is 2.40. The normalized spacial score (nSPS) is 14.8. The summed E-state index contributed by atoms with van der Waals surface area (Å²) in [7, 11) is 3.12. The van der Waals surface area contributed by atoms with Gasteiger partial charge in [0.05, 0.1) is 36.1 Å². The highest BCUT2D eigenvalue weighted by Gasteiger charge is 2.36. The molecule has 1 unspecified atom stereocenters. The number of carbonyl (C=O) groups is 2. The molecule has 1 heterocycles. The summed E-state index contributed by atoms with van der Waals surface area (Å²) in [4.78, 5) is 27.9. The summed E-state index contributed by atoms with van der Waals surface area (Å²) in [6.45, 7) is 10.0. The summed E-state index contributed by atoms with van der Waals surface area (Å²) >= 11 is 0. The van der Waals surface area contributed by atoms with Gasteiger partial charge in [-0.25, -0.2) is 0 Å². The number of amides is 2. The maximum absolute atomic E-state index is 13.8. The molecule has 0 bridgehead atoms. The van der Waals surface area contributed by atoms with Gasteiger partial charge in [-0.1, -0.05) is 44.9 Å². The van der Waals surface area contributed by atoms with Crippen molar-refractivity contribution in [1.29, 1.82) is 0 Å². The molecule has 8 nitrogen and oxygen atoms in total. The van der Waals surface area contributed by atoms with E-state index in [-0.39, 0.29) is 35.5 Å². The van der Waals surface area contributed by atoms with Crippen molar-refractivity contribution in [2.75, 3.05) is 33.9 Å². The van der Waals surface area contributed by atoms with E-state index in [2.05, 4.69) is 10.4 Å². The zero-order valence-electron chi connectivity index (χ0n) is 24.6. The number of methoxy groups -OCH3 is 1. The molecule has 1 aliphatic rings. The molecule has 0 radical (unpaired) electrons. The van der Waals surface area contributed by atoms with Crippen molar-refractivity contribution in [1.82, 2.24) is 20.0 Å². The first kappa shape index (κ1) is 33.3. The van der Waals surface area contributed by atoms with E-state index in [0.29, 0.717) is 13.2 Å². The molecule has 1 saturated carbocycles. The highest BCUT2D eigenvalue weighted by molar-refractivity contribution is 5.97. The van der Waals surface area contributed by atoms with Crippen LogP contribution >= 0.6 is 0 Å². The number of ether oxygens (including phenoxy) is 2. The zero-order chi connectivity index (χ0) is 30.1. The summed E-state index contributed by atoms with van der Waals surface area (Å²) in [6.07, 6.45) is -1.19. The Morgan fingerprint density at radius 2 is 1.77 bits per heavy atom. The number of benzene rings is 1. The van der Waals surface area contributed by atoms with Crippen LogP contribution in [0.3, 0.4) is 0 Å². The van der Waals surface area contributed by atoms with Crippen LogP contribution in [-0.4, -0.2) is 72.1 Å². The number of hydrogen-bond donors (Lipinski definition) is 1. The lowest BCUT2D eigenvalue weighted by Gasteiger charge is -2.27. The molecule has 0 aliphatic heterocycles. The van der Waals surface area contributed by atoms with Crippen LogP contribution in [0.1, 0.15) is 82.4 Å². The summed E-state index contributed by atoms with van der Waals surface area (Å²) in [6, 6.07) is 5.52. The SMILES string of the molecule is CC.COCCN(C)C(=O)C(COC(C)(C)C)NC(=O)c1cc(-c2ccccc2C(F)(F)F)n(C2CCCC2)n1. The molecule has 1 N–H and O–H groups in total. The van der Waals surface area contributed by atoms with Gasteiger partial charge in [0.1, 0.15) is 6.04 Å². The van der Waals surface area contributed by atoms with Gasteiger partial charge in [-0.05, 0) is 45.7 Å². The summed E-state index contributed by atoms with van der Waals surface area (Å²) < 4.78 is 53.9. The number of hydrogen-bond acceptors (Lipinski definition) is 5. The second-order valence-corrected chi connectivity index (χ2v) is 10.5. The minimum atomic E-state index is -4.57. The molecule has 1 aromatic carbocycles. The van der Waals surface area contributed by atoms with Gasteiger partial charge in [-0.2, -0.15) is 18.3 Å². The van der Waals surface area contributed by atoms with Crippen LogP contribution < -0.4 is 5.32 Å². The van der Waals surface area contributed by atoms with Crippen LogP contribution in [-0.2, 0) is 20.4 Å². The fraction of sp³-hybridized carbons (Fsp3) is 0.621. The number of halogens is 3. The standard InChI is InChI=1S/C27H37F3N4O4.C2H6/c1-26(2,3)38-17-22(25(36)33(4)14-15-37-5)31-24(35)21-16-23(34(32-21)18-10-6-7-11-18)19-12-8-9-13-20(19)27(28,29)30;1-2/h8-9,12-13,16,18,22H,6-7,10-11,14-15,17H2,1-5H3,(H,31,35);1-2H3. The molecule has 1 fully saturated rings. The van der Waals surface area contributed by atoms with Gasteiger partial charge in [0.15, 0.2) is 5.69 Å². The predicted octanol–water partition coefficient (Wildman–Crippen LogP) is 5.73. The van der Waals surface area contributed by atoms with Crippen LogP contribution in [0.5, 0.6) is 0 Å². The first-order chi connectivity index (χ1) is 18.8. The summed E-state index contributed by atoms with van der Waals surface area (Å²) in [5, 5.41) is 7.16. The molecule has 1 aromatic heterocycles. The van der Waals surface area contributed by atoms with E-state index in [0.717, 1.165) is 31.7 Å². The first-order valence-electron chi connectivity index (χ1n) is 13.8. The number of nitrogens with one attached hydrogen (secondary N) is 1. The molecule has 3 rings (SSSR count). The Hall–Kier alpha value is -2.92. The minimum Gasteiger partial charge on any atom is -0.383 e. The molecule has 1 atom stereocenters. The van der Waals surface area contributed by atoms with E-state index in [1.54, 1.807) is 11.7 Å². The van der Waals surface area contributed by atoms with Gasteiger partial charge in [-0.3, -0.25) is 14.3 Å². The maximum atomic E-state index is 13.8. The van der Waals surface area contributed by atoms with Gasteiger partial charge >= 0.3 is 6.18 Å². The topological polar surface area (TPSA) is 85.7 Å². The second-order valence-electron chi connectivity index (χ2n) is 10.5. The summed E-state index contributed by atoms with van der Waals surface area (Å²) in [5.41, 5.74) is -1.23. The second kappa shape index (κ2) is 14.6. The Morgan fingerprint density at radius 3 is 2.35 bits per heavy atom. The number of carbonyl (C=O) groups excluding carboxylic acids is 2. The van der Waals surface area contributed by atoms with Gasteiger partial charge in [0.2, 0.25) is 5.91 Å². The third-order valence-electron chi connectivity index (χ3n) is 6.44. The molecule has 11 heteroatoms. The van der Waals surface area contributed by atoms with Crippen LogP contribution in [0.15, 0.2) is 30.3 Å². The highest BCUT2D eigenvalue weighted by atomic mass is 19.4. The monoisotopic (exact) mass is 568 g/mol. The van der Waals surface area contributed by atoms with Gasteiger partial charge in [-0.15, -0.1) is 0 Å². The molecule has 1 aliphatic carbocycles. The van der Waals surface area contributed by atoms with Gasteiger partial charge in [0.25, 0.3) is 5.91 Å². The molecule has 224 valence electrons. The fourth-order valence-electron chi connectivity index (χ4n) is 4.43.